The fourth-order valence-corrected chi connectivity index (χ4v) is 5.66. The lowest BCUT2D eigenvalue weighted by Gasteiger charge is -2.30. The summed E-state index contributed by atoms with van der Waals surface area (Å²) in [6.45, 7) is 3.89. The lowest BCUT2D eigenvalue weighted by molar-refractivity contribution is -0.125. The number of amides is 2. The van der Waals surface area contributed by atoms with Crippen molar-refractivity contribution in [2.24, 2.45) is 0 Å². The van der Waals surface area contributed by atoms with Gasteiger partial charge in [0.2, 0.25) is 5.91 Å². The number of carbonyl (C=O) groups is 2. The maximum atomic E-state index is 13.7. The molecule has 1 aliphatic rings. The second kappa shape index (κ2) is 10.9. The Balaban J connectivity index is 1.53. The molecule has 0 aromatic heterocycles. The maximum Gasteiger partial charge on any atom is 0.256 e. The molecule has 1 N–H and O–H groups in total. The van der Waals surface area contributed by atoms with Gasteiger partial charge in [0.05, 0.1) is 0 Å². The first kappa shape index (κ1) is 24.0. The molecule has 3 unspecified atom stereocenters. The molecule has 3 aromatic carbocycles. The van der Waals surface area contributed by atoms with Crippen molar-refractivity contribution < 1.29 is 14.0 Å². The van der Waals surface area contributed by atoms with Crippen molar-refractivity contribution >= 4 is 23.6 Å². The molecule has 1 fully saturated rings. The summed E-state index contributed by atoms with van der Waals surface area (Å²) in [5, 5.41) is 2.76. The molecule has 4 rings (SSSR count). The van der Waals surface area contributed by atoms with E-state index in [0.29, 0.717) is 11.3 Å². The van der Waals surface area contributed by atoms with Gasteiger partial charge in [-0.05, 0) is 61.6 Å². The van der Waals surface area contributed by atoms with E-state index in [9.17, 15) is 14.0 Å². The molecule has 1 heterocycles. The van der Waals surface area contributed by atoms with Crippen molar-refractivity contribution in [1.82, 2.24) is 10.2 Å². The zero-order valence-corrected chi connectivity index (χ0v) is 20.2. The number of thioether (sulfide) groups is 1. The number of hydrogen-bond acceptors (Lipinski definition) is 3. The van der Waals surface area contributed by atoms with Crippen LogP contribution in [0.1, 0.15) is 45.8 Å². The molecule has 0 saturated carbocycles. The molecule has 2 amide bonds. The molecule has 176 valence electrons. The smallest absolute Gasteiger partial charge is 0.256 e. The fraction of sp³-hybridized carbons (Fsp3) is 0.286. The molecule has 1 aliphatic heterocycles. The van der Waals surface area contributed by atoms with Gasteiger partial charge in [0.15, 0.2) is 0 Å². The van der Waals surface area contributed by atoms with Crippen LogP contribution in [0.2, 0.25) is 0 Å². The standard InChI is InChI=1S/C28H29FN2O2S/c1-19-8-6-7-11-24(19)27(33)31-25(18-34-28(31)22-14-16-23(29)17-15-22)26(32)30-20(2)12-13-21-9-4-3-5-10-21/h3-11,14-17,20,25,28H,12-13,18H2,1-2H3,(H,30,32). The Morgan fingerprint density at radius 2 is 1.71 bits per heavy atom. The van der Waals surface area contributed by atoms with E-state index < -0.39 is 6.04 Å². The van der Waals surface area contributed by atoms with Crippen LogP contribution >= 0.6 is 11.8 Å². The van der Waals surface area contributed by atoms with Gasteiger partial charge in [-0.15, -0.1) is 11.8 Å². The average molecular weight is 477 g/mol. The summed E-state index contributed by atoms with van der Waals surface area (Å²) >= 11 is 1.53. The number of nitrogens with one attached hydrogen (secondary N) is 1. The molecule has 3 atom stereocenters. The summed E-state index contributed by atoms with van der Waals surface area (Å²) in [7, 11) is 0. The molecule has 0 aliphatic carbocycles. The highest BCUT2D eigenvalue weighted by Gasteiger charge is 2.43. The topological polar surface area (TPSA) is 49.4 Å². The number of halogens is 1. The van der Waals surface area contributed by atoms with E-state index >= 15 is 0 Å². The largest absolute Gasteiger partial charge is 0.352 e. The molecule has 3 aromatic rings. The van der Waals surface area contributed by atoms with Crippen molar-refractivity contribution in [3.63, 3.8) is 0 Å². The van der Waals surface area contributed by atoms with Crippen LogP contribution in [-0.2, 0) is 11.2 Å². The van der Waals surface area contributed by atoms with Gasteiger partial charge in [0.25, 0.3) is 5.91 Å². The molecule has 4 nitrogen and oxygen atoms in total. The third-order valence-electron chi connectivity index (χ3n) is 6.17. The number of nitrogens with zero attached hydrogens (tertiary/aromatic N) is 1. The molecule has 6 heteroatoms. The average Bonchev–Trinajstić information content (AvgIpc) is 3.29. The number of rotatable bonds is 7. The Morgan fingerprint density at radius 1 is 1.03 bits per heavy atom. The van der Waals surface area contributed by atoms with Crippen LogP contribution in [0.4, 0.5) is 4.39 Å². The van der Waals surface area contributed by atoms with Crippen molar-refractivity contribution in [2.75, 3.05) is 5.75 Å². The number of aryl methyl sites for hydroxylation is 2. The van der Waals surface area contributed by atoms with Crippen molar-refractivity contribution in [1.29, 1.82) is 0 Å². The van der Waals surface area contributed by atoms with Crippen LogP contribution in [-0.4, -0.2) is 34.6 Å². The Kier molecular flexibility index (Phi) is 7.68. The van der Waals surface area contributed by atoms with Gasteiger partial charge >= 0.3 is 0 Å². The predicted molar refractivity (Wildman–Crippen MR) is 135 cm³/mol. The van der Waals surface area contributed by atoms with Crippen molar-refractivity contribution in [2.45, 2.75) is 44.1 Å². The predicted octanol–water partition coefficient (Wildman–Crippen LogP) is 5.53. The van der Waals surface area contributed by atoms with Gasteiger partial charge < -0.3 is 10.2 Å². The van der Waals surface area contributed by atoms with Crippen LogP contribution in [0.15, 0.2) is 78.9 Å². The molecule has 34 heavy (non-hydrogen) atoms. The first-order valence-corrected chi connectivity index (χ1v) is 12.6. The van der Waals surface area contributed by atoms with Crippen LogP contribution in [0.3, 0.4) is 0 Å². The first-order valence-electron chi connectivity index (χ1n) is 11.5. The molecule has 0 bridgehead atoms. The number of carbonyl (C=O) groups excluding carboxylic acids is 2. The second-order valence-corrected chi connectivity index (χ2v) is 9.83. The summed E-state index contributed by atoms with van der Waals surface area (Å²) in [5.41, 5.74) is 3.47. The fourth-order valence-electron chi connectivity index (χ4n) is 4.23. The van der Waals surface area contributed by atoms with Gasteiger partial charge in [-0.25, -0.2) is 4.39 Å². The maximum absolute atomic E-state index is 13.7. The highest BCUT2D eigenvalue weighted by atomic mass is 32.2. The Hall–Kier alpha value is -3.12. The zero-order chi connectivity index (χ0) is 24.1. The lowest BCUT2D eigenvalue weighted by Crippen LogP contribution is -2.50. The van der Waals surface area contributed by atoms with Crippen molar-refractivity contribution in [3.8, 4) is 0 Å². The van der Waals surface area contributed by atoms with Gasteiger partial charge in [0, 0.05) is 17.4 Å². The summed E-state index contributed by atoms with van der Waals surface area (Å²) in [6, 6.07) is 23.1. The van der Waals surface area contributed by atoms with E-state index in [2.05, 4.69) is 17.4 Å². The van der Waals surface area contributed by atoms with E-state index in [-0.39, 0.29) is 29.0 Å². The van der Waals surface area contributed by atoms with Crippen LogP contribution in [0, 0.1) is 12.7 Å². The first-order chi connectivity index (χ1) is 16.4. The van der Waals surface area contributed by atoms with Crippen LogP contribution in [0.5, 0.6) is 0 Å². The summed E-state index contributed by atoms with van der Waals surface area (Å²) in [6.07, 6.45) is 1.68. The van der Waals surface area contributed by atoms with E-state index in [1.165, 1.54) is 29.5 Å². The monoisotopic (exact) mass is 476 g/mol. The summed E-state index contributed by atoms with van der Waals surface area (Å²) in [5.74, 6) is -0.184. The lowest BCUT2D eigenvalue weighted by atomic mass is 10.0. The van der Waals surface area contributed by atoms with E-state index in [0.717, 1.165) is 24.0 Å². The highest BCUT2D eigenvalue weighted by Crippen LogP contribution is 2.42. The molecule has 0 radical (unpaired) electrons. The third kappa shape index (κ3) is 5.50. The summed E-state index contributed by atoms with van der Waals surface area (Å²) < 4.78 is 13.5. The Bertz CT molecular complexity index is 1140. The SMILES string of the molecule is Cc1ccccc1C(=O)N1C(C(=O)NC(C)CCc2ccccc2)CSC1c1ccc(F)cc1. The van der Waals surface area contributed by atoms with Gasteiger partial charge in [0.1, 0.15) is 17.2 Å². The van der Waals surface area contributed by atoms with E-state index in [1.54, 1.807) is 23.1 Å². The quantitative estimate of drug-likeness (QED) is 0.488. The minimum absolute atomic E-state index is 0.0296. The van der Waals surface area contributed by atoms with E-state index in [1.807, 2.05) is 50.2 Å². The van der Waals surface area contributed by atoms with Gasteiger partial charge in [-0.1, -0.05) is 60.7 Å². The minimum Gasteiger partial charge on any atom is -0.352 e. The minimum atomic E-state index is -0.605. The molecular weight excluding hydrogens is 447 g/mol. The Morgan fingerprint density at radius 3 is 2.41 bits per heavy atom. The van der Waals surface area contributed by atoms with Crippen LogP contribution < -0.4 is 5.32 Å². The number of benzene rings is 3. The zero-order valence-electron chi connectivity index (χ0n) is 19.4. The normalized spacial score (nSPS) is 18.5. The van der Waals surface area contributed by atoms with Crippen molar-refractivity contribution in [3.05, 3.63) is 107 Å². The number of hydrogen-bond donors (Lipinski definition) is 1. The molecule has 1 saturated heterocycles. The van der Waals surface area contributed by atoms with E-state index in [4.69, 9.17) is 0 Å². The molecular formula is C28H29FN2O2S. The summed E-state index contributed by atoms with van der Waals surface area (Å²) in [4.78, 5) is 28.7. The van der Waals surface area contributed by atoms with Gasteiger partial charge in [-0.2, -0.15) is 0 Å². The Labute approximate surface area is 204 Å². The van der Waals surface area contributed by atoms with Gasteiger partial charge in [-0.3, -0.25) is 9.59 Å². The molecule has 0 spiro atoms. The highest BCUT2D eigenvalue weighted by molar-refractivity contribution is 7.99. The second-order valence-electron chi connectivity index (χ2n) is 8.71. The third-order valence-corrected chi connectivity index (χ3v) is 7.49. The van der Waals surface area contributed by atoms with Crippen LogP contribution in [0.25, 0.3) is 0 Å².